The van der Waals surface area contributed by atoms with Crippen molar-refractivity contribution in [3.05, 3.63) is 59.4 Å². The summed E-state index contributed by atoms with van der Waals surface area (Å²) >= 11 is 0. The van der Waals surface area contributed by atoms with Gasteiger partial charge in [0.05, 0.1) is 31.9 Å². The van der Waals surface area contributed by atoms with E-state index in [9.17, 15) is 12.8 Å². The van der Waals surface area contributed by atoms with E-state index in [1.54, 1.807) is 22.7 Å². The standard InChI is InChI=1S/C21H21FN4O4S/c1-31(27,28)20-18-4-8-23-21(26(18)13-24-20)25(14-5-9-29-10-6-14)12-16-15-7-11-30-19(15)3-2-17(16)22/h2-5,8,13H,6-7,9-12H2,1H3. The minimum absolute atomic E-state index is 0.0164. The van der Waals surface area contributed by atoms with Crippen molar-refractivity contribution < 1.29 is 22.3 Å². The van der Waals surface area contributed by atoms with E-state index in [0.717, 1.165) is 17.5 Å². The van der Waals surface area contributed by atoms with Gasteiger partial charge in [-0.25, -0.2) is 22.8 Å². The van der Waals surface area contributed by atoms with Crippen molar-refractivity contribution in [2.24, 2.45) is 0 Å². The highest BCUT2D eigenvalue weighted by molar-refractivity contribution is 7.90. The quantitative estimate of drug-likeness (QED) is 0.598. The van der Waals surface area contributed by atoms with Gasteiger partial charge in [-0.1, -0.05) is 0 Å². The number of sulfone groups is 1. The Balaban J connectivity index is 1.67. The molecule has 3 aromatic rings. The highest BCUT2D eigenvalue weighted by atomic mass is 32.2. The van der Waals surface area contributed by atoms with Crippen molar-refractivity contribution in [2.75, 3.05) is 31.0 Å². The number of rotatable bonds is 5. The molecule has 0 N–H and O–H groups in total. The summed E-state index contributed by atoms with van der Waals surface area (Å²) in [6.45, 7) is 1.73. The van der Waals surface area contributed by atoms with Crippen molar-refractivity contribution in [3.8, 4) is 5.75 Å². The molecule has 0 radical (unpaired) electrons. The fourth-order valence-electron chi connectivity index (χ4n) is 4.08. The molecule has 0 atom stereocenters. The summed E-state index contributed by atoms with van der Waals surface area (Å²) in [5.41, 5.74) is 2.75. The molecule has 0 saturated carbocycles. The molecule has 2 aromatic heterocycles. The van der Waals surface area contributed by atoms with Crippen LogP contribution in [0.15, 0.2) is 47.5 Å². The van der Waals surface area contributed by atoms with Crippen LogP contribution in [-0.2, 0) is 27.5 Å². The Morgan fingerprint density at radius 2 is 2.06 bits per heavy atom. The van der Waals surface area contributed by atoms with Gasteiger partial charge in [0.2, 0.25) is 5.95 Å². The summed E-state index contributed by atoms with van der Waals surface area (Å²) < 4.78 is 51.9. The predicted octanol–water partition coefficient (Wildman–Crippen LogP) is 2.52. The largest absolute Gasteiger partial charge is 0.493 e. The van der Waals surface area contributed by atoms with Gasteiger partial charge in [0.25, 0.3) is 0 Å². The second-order valence-corrected chi connectivity index (χ2v) is 9.46. The van der Waals surface area contributed by atoms with Crippen LogP contribution in [0.4, 0.5) is 10.3 Å². The zero-order valence-electron chi connectivity index (χ0n) is 16.9. The van der Waals surface area contributed by atoms with E-state index in [-0.39, 0.29) is 17.4 Å². The summed E-state index contributed by atoms with van der Waals surface area (Å²) in [4.78, 5) is 10.5. The number of imidazole rings is 1. The highest BCUT2D eigenvalue weighted by Crippen LogP contribution is 2.34. The van der Waals surface area contributed by atoms with Crippen LogP contribution >= 0.6 is 0 Å². The third-order valence-corrected chi connectivity index (χ3v) is 6.56. The summed E-state index contributed by atoms with van der Waals surface area (Å²) in [7, 11) is -3.52. The molecule has 4 heterocycles. The van der Waals surface area contributed by atoms with Gasteiger partial charge in [-0.15, -0.1) is 0 Å². The Morgan fingerprint density at radius 1 is 1.19 bits per heavy atom. The van der Waals surface area contributed by atoms with E-state index in [2.05, 4.69) is 9.97 Å². The molecule has 0 spiro atoms. The van der Waals surface area contributed by atoms with E-state index in [0.29, 0.717) is 55.4 Å². The number of nitrogens with zero attached hydrogens (tertiary/aromatic N) is 4. The van der Waals surface area contributed by atoms with Crippen LogP contribution in [0.5, 0.6) is 5.75 Å². The van der Waals surface area contributed by atoms with E-state index in [1.165, 1.54) is 12.4 Å². The molecule has 0 aliphatic carbocycles. The molecule has 2 aliphatic heterocycles. The van der Waals surface area contributed by atoms with Crippen molar-refractivity contribution in [1.82, 2.24) is 14.4 Å². The number of hydrogen-bond acceptors (Lipinski definition) is 7. The lowest BCUT2D eigenvalue weighted by molar-refractivity contribution is 0.153. The molecule has 5 rings (SSSR count). The Bertz CT molecular complexity index is 1300. The molecular weight excluding hydrogens is 423 g/mol. The molecular formula is C21H21FN4O4S. The third kappa shape index (κ3) is 3.55. The van der Waals surface area contributed by atoms with E-state index < -0.39 is 9.84 Å². The lowest BCUT2D eigenvalue weighted by Gasteiger charge is -2.29. The number of ether oxygens (including phenoxy) is 2. The Kier molecular flexibility index (Phi) is 4.90. The first-order valence-electron chi connectivity index (χ1n) is 9.93. The van der Waals surface area contributed by atoms with Crippen LogP contribution in [0.3, 0.4) is 0 Å². The molecule has 162 valence electrons. The SMILES string of the molecule is CS(=O)(=O)c1ncn2c(N(Cc3c(F)ccc4c3CCO4)C3=CCOCC3)nccc12. The van der Waals surface area contributed by atoms with Crippen LogP contribution < -0.4 is 9.64 Å². The molecule has 0 fully saturated rings. The Hall–Kier alpha value is -2.98. The Morgan fingerprint density at radius 3 is 2.84 bits per heavy atom. The topological polar surface area (TPSA) is 86.0 Å². The van der Waals surface area contributed by atoms with Crippen molar-refractivity contribution >= 4 is 21.3 Å². The maximum absolute atomic E-state index is 14.9. The van der Waals surface area contributed by atoms with Gasteiger partial charge in [0.1, 0.15) is 17.9 Å². The average molecular weight is 444 g/mol. The monoisotopic (exact) mass is 444 g/mol. The first kappa shape index (κ1) is 20.0. The van der Waals surface area contributed by atoms with E-state index >= 15 is 0 Å². The second-order valence-electron chi connectivity index (χ2n) is 7.53. The Labute approximate surface area is 178 Å². The van der Waals surface area contributed by atoms with Crippen LogP contribution in [-0.4, -0.2) is 48.9 Å². The van der Waals surface area contributed by atoms with Crippen LogP contribution in [0.1, 0.15) is 17.5 Å². The fraction of sp³-hybridized carbons (Fsp3) is 0.333. The van der Waals surface area contributed by atoms with Gasteiger partial charge in [-0.2, -0.15) is 0 Å². The third-order valence-electron chi connectivity index (χ3n) is 5.54. The van der Waals surface area contributed by atoms with Gasteiger partial charge in [-0.3, -0.25) is 4.40 Å². The number of halogens is 1. The molecule has 8 nitrogen and oxygen atoms in total. The van der Waals surface area contributed by atoms with Gasteiger partial charge < -0.3 is 14.4 Å². The lowest BCUT2D eigenvalue weighted by Crippen LogP contribution is -2.29. The van der Waals surface area contributed by atoms with Crippen LogP contribution in [0, 0.1) is 5.82 Å². The molecule has 0 bridgehead atoms. The molecule has 0 amide bonds. The van der Waals surface area contributed by atoms with E-state index in [1.807, 2.05) is 11.0 Å². The number of aromatic nitrogens is 3. The minimum Gasteiger partial charge on any atom is -0.493 e. The molecule has 10 heteroatoms. The van der Waals surface area contributed by atoms with Gasteiger partial charge >= 0.3 is 0 Å². The normalized spacial score (nSPS) is 16.1. The average Bonchev–Trinajstić information content (AvgIpc) is 3.40. The van der Waals surface area contributed by atoms with Gasteiger partial charge in [0, 0.05) is 42.1 Å². The molecule has 2 aliphatic rings. The summed E-state index contributed by atoms with van der Waals surface area (Å²) in [6.07, 6.45) is 7.31. The highest BCUT2D eigenvalue weighted by Gasteiger charge is 2.26. The fourth-order valence-corrected chi connectivity index (χ4v) is 4.87. The molecule has 0 saturated heterocycles. The summed E-state index contributed by atoms with van der Waals surface area (Å²) in [6, 6.07) is 4.69. The maximum atomic E-state index is 14.9. The number of fused-ring (bicyclic) bond motifs is 2. The summed E-state index contributed by atoms with van der Waals surface area (Å²) in [5.74, 6) is 0.853. The maximum Gasteiger partial charge on any atom is 0.215 e. The zero-order valence-corrected chi connectivity index (χ0v) is 17.7. The molecule has 0 unspecified atom stereocenters. The number of hydrogen-bond donors (Lipinski definition) is 0. The number of benzene rings is 1. The molecule has 31 heavy (non-hydrogen) atoms. The summed E-state index contributed by atoms with van der Waals surface area (Å²) in [5, 5.41) is -0.0164. The second kappa shape index (κ2) is 7.61. The van der Waals surface area contributed by atoms with Crippen molar-refractivity contribution in [2.45, 2.75) is 24.4 Å². The predicted molar refractivity (Wildman–Crippen MR) is 111 cm³/mol. The van der Waals surface area contributed by atoms with Crippen LogP contribution in [0.2, 0.25) is 0 Å². The number of anilines is 1. The van der Waals surface area contributed by atoms with Gasteiger partial charge in [0.15, 0.2) is 14.9 Å². The minimum atomic E-state index is -3.52. The van der Waals surface area contributed by atoms with Crippen LogP contribution in [0.25, 0.3) is 5.52 Å². The smallest absolute Gasteiger partial charge is 0.215 e. The zero-order chi connectivity index (χ0) is 21.6. The van der Waals surface area contributed by atoms with Crippen molar-refractivity contribution in [1.29, 1.82) is 0 Å². The first-order valence-corrected chi connectivity index (χ1v) is 11.8. The van der Waals surface area contributed by atoms with Crippen molar-refractivity contribution in [3.63, 3.8) is 0 Å². The lowest BCUT2D eigenvalue weighted by atomic mass is 10.0. The molecule has 1 aromatic carbocycles. The first-order chi connectivity index (χ1) is 14.9. The van der Waals surface area contributed by atoms with Gasteiger partial charge in [-0.05, 0) is 24.3 Å². The van der Waals surface area contributed by atoms with E-state index in [4.69, 9.17) is 9.47 Å².